The van der Waals surface area contributed by atoms with Crippen molar-refractivity contribution in [2.24, 2.45) is 0 Å². The van der Waals surface area contributed by atoms with Crippen LogP contribution in [-0.2, 0) is 5.41 Å². The number of methoxy groups -OCH3 is 1. The highest BCUT2D eigenvalue weighted by Crippen LogP contribution is 2.26. The maximum Gasteiger partial charge on any atom is 0.224 e. The summed E-state index contributed by atoms with van der Waals surface area (Å²) in [4.78, 5) is 15.3. The van der Waals surface area contributed by atoms with Crippen LogP contribution in [0, 0.1) is 11.5 Å². The van der Waals surface area contributed by atoms with Crippen molar-refractivity contribution in [3.05, 3.63) is 27.7 Å². The first-order valence-corrected chi connectivity index (χ1v) is 9.89. The van der Waals surface area contributed by atoms with Crippen molar-refractivity contribution in [1.29, 1.82) is 0 Å². The quantitative estimate of drug-likeness (QED) is 0.633. The van der Waals surface area contributed by atoms with Crippen LogP contribution < -0.4 is 10.2 Å². The average Bonchev–Trinajstić information content (AvgIpc) is 2.23. The predicted octanol–water partition coefficient (Wildman–Crippen LogP) is 2.91. The van der Waals surface area contributed by atoms with Gasteiger partial charge in [0.15, 0.2) is 5.75 Å². The Balaban J connectivity index is 3.44. The van der Waals surface area contributed by atoms with E-state index in [0.29, 0.717) is 11.4 Å². The van der Waals surface area contributed by atoms with Gasteiger partial charge in [0, 0.05) is 11.5 Å². The third-order valence-electron chi connectivity index (χ3n) is 2.51. The zero-order chi connectivity index (χ0) is 14.8. The van der Waals surface area contributed by atoms with E-state index >= 15 is 0 Å². The number of ether oxygens (including phenoxy) is 1. The van der Waals surface area contributed by atoms with E-state index in [1.54, 1.807) is 0 Å². The van der Waals surface area contributed by atoms with Crippen molar-refractivity contribution < 1.29 is 4.74 Å². The van der Waals surface area contributed by atoms with Crippen molar-refractivity contribution >= 4 is 8.07 Å². The molecule has 0 aliphatic carbocycles. The van der Waals surface area contributed by atoms with Gasteiger partial charge in [-0.2, -0.15) is 0 Å². The van der Waals surface area contributed by atoms with E-state index in [0.717, 1.165) is 5.69 Å². The van der Waals surface area contributed by atoms with Crippen LogP contribution in [0.4, 0.5) is 0 Å². The molecule has 0 fully saturated rings. The van der Waals surface area contributed by atoms with E-state index in [9.17, 15) is 4.79 Å². The van der Waals surface area contributed by atoms with Crippen LogP contribution in [0.25, 0.3) is 0 Å². The lowest BCUT2D eigenvalue weighted by molar-refractivity contribution is 0.388. The molecule has 0 spiro atoms. The molecule has 0 unspecified atom stereocenters. The Labute approximate surface area is 116 Å². The SMILES string of the molecule is COc1c(C(C)(C)C)[nH]c(C#C[Si](C)(C)C)cc1=O. The first kappa shape index (κ1) is 15.6. The Morgan fingerprint density at radius 1 is 1.26 bits per heavy atom. The van der Waals surface area contributed by atoms with Gasteiger partial charge in [0.2, 0.25) is 5.43 Å². The molecule has 1 N–H and O–H groups in total. The summed E-state index contributed by atoms with van der Waals surface area (Å²) in [7, 11) is 0.0641. The third-order valence-corrected chi connectivity index (χ3v) is 3.39. The largest absolute Gasteiger partial charge is 0.491 e. The summed E-state index contributed by atoms with van der Waals surface area (Å²) in [6, 6.07) is 1.52. The Morgan fingerprint density at radius 2 is 1.84 bits per heavy atom. The summed E-state index contributed by atoms with van der Waals surface area (Å²) in [5, 5.41) is 0. The van der Waals surface area contributed by atoms with Crippen LogP contribution in [0.3, 0.4) is 0 Å². The summed E-state index contributed by atoms with van der Waals surface area (Å²) < 4.78 is 5.22. The minimum absolute atomic E-state index is 0.119. The van der Waals surface area contributed by atoms with Gasteiger partial charge in [0.25, 0.3) is 0 Å². The summed E-state index contributed by atoms with van der Waals surface area (Å²) in [5.74, 6) is 3.47. The third kappa shape index (κ3) is 4.29. The van der Waals surface area contributed by atoms with E-state index in [1.807, 2.05) is 20.8 Å². The normalized spacial score (nSPS) is 11.7. The van der Waals surface area contributed by atoms with Gasteiger partial charge < -0.3 is 9.72 Å². The number of nitrogens with one attached hydrogen (secondary N) is 1. The van der Waals surface area contributed by atoms with E-state index < -0.39 is 8.07 Å². The molecule has 104 valence electrons. The number of H-pyrrole nitrogens is 1. The fraction of sp³-hybridized carbons (Fsp3) is 0.533. The van der Waals surface area contributed by atoms with Crippen LogP contribution in [-0.4, -0.2) is 20.2 Å². The standard InChI is InChI=1S/C15H23NO2Si/c1-15(2,3)14-13(18-4)12(17)10-11(16-14)8-9-19(5,6)7/h10H,1-7H3,(H,16,17). The van der Waals surface area contributed by atoms with Crippen LogP contribution in [0.5, 0.6) is 5.75 Å². The number of rotatable bonds is 1. The smallest absolute Gasteiger partial charge is 0.224 e. The molecule has 0 radical (unpaired) electrons. The van der Waals surface area contributed by atoms with Crippen molar-refractivity contribution in [1.82, 2.24) is 4.98 Å². The molecule has 3 nitrogen and oxygen atoms in total. The van der Waals surface area contributed by atoms with Crippen LogP contribution in [0.1, 0.15) is 32.2 Å². The molecule has 1 heterocycles. The summed E-state index contributed by atoms with van der Waals surface area (Å²) >= 11 is 0. The molecule has 0 aliphatic heterocycles. The lowest BCUT2D eigenvalue weighted by atomic mass is 9.90. The molecule has 1 aromatic rings. The highest BCUT2D eigenvalue weighted by Gasteiger charge is 2.22. The summed E-state index contributed by atoms with van der Waals surface area (Å²) in [5.41, 5.74) is 4.41. The molecule has 19 heavy (non-hydrogen) atoms. The zero-order valence-electron chi connectivity index (χ0n) is 12.9. The summed E-state index contributed by atoms with van der Waals surface area (Å²) in [6.45, 7) is 12.6. The molecule has 0 atom stereocenters. The second-order valence-electron chi connectivity index (χ2n) is 6.71. The average molecular weight is 277 g/mol. The number of pyridine rings is 1. The molecule has 0 saturated heterocycles. The molecular formula is C15H23NO2Si. The first-order chi connectivity index (χ1) is 8.54. The Hall–Kier alpha value is -1.47. The maximum absolute atomic E-state index is 12.1. The molecule has 0 saturated carbocycles. The monoisotopic (exact) mass is 277 g/mol. The lowest BCUT2D eigenvalue weighted by Crippen LogP contribution is -2.21. The molecule has 0 aromatic carbocycles. The molecule has 4 heteroatoms. The lowest BCUT2D eigenvalue weighted by Gasteiger charge is -2.21. The van der Waals surface area contributed by atoms with Crippen molar-refractivity contribution in [2.75, 3.05) is 7.11 Å². The van der Waals surface area contributed by atoms with Crippen LogP contribution >= 0.6 is 0 Å². The van der Waals surface area contributed by atoms with Crippen molar-refractivity contribution in [3.63, 3.8) is 0 Å². The molecule has 1 aromatic heterocycles. The van der Waals surface area contributed by atoms with Gasteiger partial charge in [-0.1, -0.05) is 46.3 Å². The number of aromatic amines is 1. The van der Waals surface area contributed by atoms with Gasteiger partial charge in [-0.25, -0.2) is 0 Å². The van der Waals surface area contributed by atoms with Gasteiger partial charge in [0.1, 0.15) is 8.07 Å². The van der Waals surface area contributed by atoms with Crippen LogP contribution in [0.2, 0.25) is 19.6 Å². The topological polar surface area (TPSA) is 42.1 Å². The van der Waals surface area contributed by atoms with Gasteiger partial charge >= 0.3 is 0 Å². The van der Waals surface area contributed by atoms with Crippen LogP contribution in [0.15, 0.2) is 10.9 Å². The highest BCUT2D eigenvalue weighted by molar-refractivity contribution is 6.83. The van der Waals surface area contributed by atoms with E-state index in [2.05, 4.69) is 36.1 Å². The molecule has 0 bridgehead atoms. The Kier molecular flexibility index (Phi) is 4.31. The minimum atomic E-state index is -1.46. The fourth-order valence-corrected chi connectivity index (χ4v) is 2.11. The second-order valence-corrected chi connectivity index (χ2v) is 11.5. The van der Waals surface area contributed by atoms with Gasteiger partial charge in [-0.05, 0) is 0 Å². The number of hydrogen-bond acceptors (Lipinski definition) is 2. The summed E-state index contributed by atoms with van der Waals surface area (Å²) in [6.07, 6.45) is 0. The molecule has 0 aliphatic rings. The van der Waals surface area contributed by atoms with Crippen molar-refractivity contribution in [3.8, 4) is 17.2 Å². The maximum atomic E-state index is 12.1. The van der Waals surface area contributed by atoms with Gasteiger partial charge in [0.05, 0.1) is 18.5 Å². The Bertz CT molecular complexity index is 577. The minimum Gasteiger partial charge on any atom is -0.491 e. The van der Waals surface area contributed by atoms with Crippen molar-refractivity contribution in [2.45, 2.75) is 45.8 Å². The molecule has 0 amide bonds. The fourth-order valence-electron chi connectivity index (χ4n) is 1.60. The van der Waals surface area contributed by atoms with Gasteiger partial charge in [-0.3, -0.25) is 4.79 Å². The second kappa shape index (κ2) is 5.26. The highest BCUT2D eigenvalue weighted by atomic mass is 28.3. The first-order valence-electron chi connectivity index (χ1n) is 6.39. The number of hydrogen-bond donors (Lipinski definition) is 1. The number of aromatic nitrogens is 1. The van der Waals surface area contributed by atoms with Gasteiger partial charge in [-0.15, -0.1) is 5.54 Å². The van der Waals surface area contributed by atoms with E-state index in [4.69, 9.17) is 4.74 Å². The van der Waals surface area contributed by atoms with E-state index in [1.165, 1.54) is 13.2 Å². The Morgan fingerprint density at radius 3 is 2.26 bits per heavy atom. The zero-order valence-corrected chi connectivity index (χ0v) is 13.9. The van der Waals surface area contributed by atoms with E-state index in [-0.39, 0.29) is 10.8 Å². The molecule has 1 rings (SSSR count). The predicted molar refractivity (Wildman–Crippen MR) is 82.5 cm³/mol. The molecular weight excluding hydrogens is 254 g/mol.